The number of aryl methyl sites for hydroxylation is 1. The summed E-state index contributed by atoms with van der Waals surface area (Å²) in [7, 11) is 0. The van der Waals surface area contributed by atoms with E-state index in [-0.39, 0.29) is 6.42 Å². The number of carboxylic acids is 1. The van der Waals surface area contributed by atoms with Crippen LogP contribution in [-0.2, 0) is 11.3 Å². The molecule has 0 aliphatic carbocycles. The molecule has 0 saturated heterocycles. The summed E-state index contributed by atoms with van der Waals surface area (Å²) in [5, 5.41) is 11.7. The molecule has 3 aromatic rings. The Bertz CT molecular complexity index is 776. The molecule has 0 amide bonds. The first-order valence-electron chi connectivity index (χ1n) is 6.05. The minimum atomic E-state index is -0.792. The average molecular weight is 274 g/mol. The Labute approximate surface area is 115 Å². The molecule has 96 valence electrons. The third-order valence-electron chi connectivity index (χ3n) is 3.28. The maximum atomic E-state index is 10.8. The molecule has 1 aromatic heterocycles. The van der Waals surface area contributed by atoms with Crippen LogP contribution in [0.4, 0.5) is 0 Å². The van der Waals surface area contributed by atoms with E-state index in [0.29, 0.717) is 11.6 Å². The van der Waals surface area contributed by atoms with Gasteiger partial charge in [-0.1, -0.05) is 29.8 Å². The molecule has 2 aromatic carbocycles. The van der Waals surface area contributed by atoms with E-state index >= 15 is 0 Å². The van der Waals surface area contributed by atoms with Crippen molar-refractivity contribution in [2.45, 2.75) is 13.0 Å². The molecule has 4 heteroatoms. The molecule has 1 heterocycles. The zero-order chi connectivity index (χ0) is 13.4. The molecular formula is C15H12ClNO2. The number of rotatable bonds is 3. The average Bonchev–Trinajstić information content (AvgIpc) is 2.70. The van der Waals surface area contributed by atoms with E-state index in [1.54, 1.807) is 0 Å². The Morgan fingerprint density at radius 1 is 1.11 bits per heavy atom. The summed E-state index contributed by atoms with van der Waals surface area (Å²) in [6, 6.07) is 13.7. The van der Waals surface area contributed by atoms with Crippen molar-refractivity contribution in [1.29, 1.82) is 0 Å². The van der Waals surface area contributed by atoms with Crippen LogP contribution >= 0.6 is 11.6 Å². The number of fused-ring (bicyclic) bond motifs is 3. The van der Waals surface area contributed by atoms with E-state index in [2.05, 4.69) is 0 Å². The highest BCUT2D eigenvalue weighted by Gasteiger charge is 2.11. The van der Waals surface area contributed by atoms with Gasteiger partial charge in [0.15, 0.2) is 0 Å². The third-order valence-corrected chi connectivity index (χ3v) is 3.52. The fourth-order valence-electron chi connectivity index (χ4n) is 2.47. The summed E-state index contributed by atoms with van der Waals surface area (Å²) >= 11 is 6.05. The molecule has 3 nitrogen and oxygen atoms in total. The SMILES string of the molecule is O=C(O)CCn1c2ccccc2c2cc(Cl)ccc21. The smallest absolute Gasteiger partial charge is 0.305 e. The van der Waals surface area contributed by atoms with Gasteiger partial charge in [0.05, 0.1) is 6.42 Å². The van der Waals surface area contributed by atoms with Gasteiger partial charge in [-0.3, -0.25) is 4.79 Å². The van der Waals surface area contributed by atoms with Crippen molar-refractivity contribution in [2.75, 3.05) is 0 Å². The number of hydrogen-bond donors (Lipinski definition) is 1. The van der Waals surface area contributed by atoms with E-state index in [1.807, 2.05) is 47.0 Å². The lowest BCUT2D eigenvalue weighted by atomic mass is 10.2. The van der Waals surface area contributed by atoms with Crippen LogP contribution < -0.4 is 0 Å². The molecule has 1 N–H and O–H groups in total. The summed E-state index contributed by atoms with van der Waals surface area (Å²) in [6.07, 6.45) is 0.108. The largest absolute Gasteiger partial charge is 0.481 e. The van der Waals surface area contributed by atoms with Crippen LogP contribution in [0.1, 0.15) is 6.42 Å². The quantitative estimate of drug-likeness (QED) is 0.786. The molecule has 3 rings (SSSR count). The van der Waals surface area contributed by atoms with Crippen molar-refractivity contribution in [3.8, 4) is 0 Å². The number of carboxylic acid groups (broad SMARTS) is 1. The molecule has 0 atom stereocenters. The van der Waals surface area contributed by atoms with Crippen molar-refractivity contribution >= 4 is 39.4 Å². The topological polar surface area (TPSA) is 42.2 Å². The van der Waals surface area contributed by atoms with Crippen molar-refractivity contribution in [3.63, 3.8) is 0 Å². The number of para-hydroxylation sites is 1. The van der Waals surface area contributed by atoms with Crippen molar-refractivity contribution in [3.05, 3.63) is 47.5 Å². The van der Waals surface area contributed by atoms with Gasteiger partial charge in [-0.25, -0.2) is 0 Å². The second kappa shape index (κ2) is 4.59. The Morgan fingerprint density at radius 3 is 2.63 bits per heavy atom. The number of aliphatic carboxylic acids is 1. The maximum Gasteiger partial charge on any atom is 0.305 e. The highest BCUT2D eigenvalue weighted by molar-refractivity contribution is 6.31. The highest BCUT2D eigenvalue weighted by Crippen LogP contribution is 2.31. The predicted molar refractivity (Wildman–Crippen MR) is 76.7 cm³/mol. The second-order valence-corrected chi connectivity index (χ2v) is 4.91. The van der Waals surface area contributed by atoms with Crippen LogP contribution in [0.3, 0.4) is 0 Å². The van der Waals surface area contributed by atoms with E-state index in [9.17, 15) is 4.79 Å². The van der Waals surface area contributed by atoms with Crippen molar-refractivity contribution in [1.82, 2.24) is 4.57 Å². The molecule has 0 unspecified atom stereocenters. The van der Waals surface area contributed by atoms with Crippen LogP contribution in [0.15, 0.2) is 42.5 Å². The van der Waals surface area contributed by atoms with Gasteiger partial charge in [0.2, 0.25) is 0 Å². The minimum Gasteiger partial charge on any atom is -0.481 e. The lowest BCUT2D eigenvalue weighted by Crippen LogP contribution is -2.04. The van der Waals surface area contributed by atoms with Crippen molar-refractivity contribution in [2.24, 2.45) is 0 Å². The van der Waals surface area contributed by atoms with Crippen LogP contribution in [-0.4, -0.2) is 15.6 Å². The van der Waals surface area contributed by atoms with E-state index in [0.717, 1.165) is 21.8 Å². The molecule has 0 spiro atoms. The fraction of sp³-hybridized carbons (Fsp3) is 0.133. The number of benzene rings is 2. The zero-order valence-electron chi connectivity index (χ0n) is 10.1. The van der Waals surface area contributed by atoms with E-state index in [1.165, 1.54) is 0 Å². The van der Waals surface area contributed by atoms with Gasteiger partial charge in [0.1, 0.15) is 0 Å². The Hall–Kier alpha value is -2.00. The molecule has 0 radical (unpaired) electrons. The van der Waals surface area contributed by atoms with Gasteiger partial charge in [0, 0.05) is 33.4 Å². The molecule has 0 aliphatic heterocycles. The monoisotopic (exact) mass is 273 g/mol. The minimum absolute atomic E-state index is 0.108. The van der Waals surface area contributed by atoms with Crippen molar-refractivity contribution < 1.29 is 9.90 Å². The van der Waals surface area contributed by atoms with Gasteiger partial charge < -0.3 is 9.67 Å². The van der Waals surface area contributed by atoms with Gasteiger partial charge in [-0.05, 0) is 24.3 Å². The number of halogens is 1. The molecular weight excluding hydrogens is 262 g/mol. The maximum absolute atomic E-state index is 10.8. The summed E-state index contributed by atoms with van der Waals surface area (Å²) in [6.45, 7) is 0.459. The number of hydrogen-bond acceptors (Lipinski definition) is 1. The highest BCUT2D eigenvalue weighted by atomic mass is 35.5. The first-order chi connectivity index (χ1) is 9.16. The molecule has 19 heavy (non-hydrogen) atoms. The Morgan fingerprint density at radius 2 is 1.84 bits per heavy atom. The number of nitrogens with zero attached hydrogens (tertiary/aromatic N) is 1. The van der Waals surface area contributed by atoms with Crippen LogP contribution in [0.5, 0.6) is 0 Å². The lowest BCUT2D eigenvalue weighted by molar-refractivity contribution is -0.137. The Balaban J connectivity index is 2.29. The normalized spacial score (nSPS) is 11.2. The van der Waals surface area contributed by atoms with Crippen LogP contribution in [0.2, 0.25) is 5.02 Å². The summed E-state index contributed by atoms with van der Waals surface area (Å²) in [4.78, 5) is 10.8. The van der Waals surface area contributed by atoms with Crippen LogP contribution in [0.25, 0.3) is 21.8 Å². The molecule has 0 fully saturated rings. The first kappa shape index (κ1) is 12.1. The van der Waals surface area contributed by atoms with Gasteiger partial charge in [-0.15, -0.1) is 0 Å². The number of carbonyl (C=O) groups is 1. The van der Waals surface area contributed by atoms with Crippen LogP contribution in [0, 0.1) is 0 Å². The molecule has 0 bridgehead atoms. The summed E-state index contributed by atoms with van der Waals surface area (Å²) < 4.78 is 2.04. The molecule has 0 aliphatic rings. The van der Waals surface area contributed by atoms with E-state index in [4.69, 9.17) is 16.7 Å². The Kier molecular flexibility index (Phi) is 2.91. The zero-order valence-corrected chi connectivity index (χ0v) is 10.9. The second-order valence-electron chi connectivity index (χ2n) is 4.47. The summed E-state index contributed by atoms with van der Waals surface area (Å²) in [5.74, 6) is -0.792. The standard InChI is InChI=1S/C15H12ClNO2/c16-10-5-6-14-12(9-10)11-3-1-2-4-13(11)17(14)8-7-15(18)19/h1-6,9H,7-8H2,(H,18,19). The lowest BCUT2D eigenvalue weighted by Gasteiger charge is -2.05. The summed E-state index contributed by atoms with van der Waals surface area (Å²) in [5.41, 5.74) is 2.06. The third kappa shape index (κ3) is 2.06. The predicted octanol–water partition coefficient (Wildman–Crippen LogP) is 3.92. The van der Waals surface area contributed by atoms with Gasteiger partial charge >= 0.3 is 5.97 Å². The van der Waals surface area contributed by atoms with Gasteiger partial charge in [-0.2, -0.15) is 0 Å². The molecule has 0 saturated carbocycles. The first-order valence-corrected chi connectivity index (χ1v) is 6.43. The van der Waals surface area contributed by atoms with E-state index < -0.39 is 5.97 Å². The fourth-order valence-corrected chi connectivity index (χ4v) is 2.65. The number of aromatic nitrogens is 1. The van der Waals surface area contributed by atoms with Gasteiger partial charge in [0.25, 0.3) is 0 Å².